The number of aliphatic carboxylic acids is 1. The first-order valence-corrected chi connectivity index (χ1v) is 17.1. The molecule has 0 radical (unpaired) electrons. The lowest BCUT2D eigenvalue weighted by molar-refractivity contribution is -0.152. The second-order valence-electron chi connectivity index (χ2n) is 12.2. The van der Waals surface area contributed by atoms with Crippen molar-refractivity contribution >= 4 is 16.9 Å². The first-order valence-electron chi connectivity index (χ1n) is 17.1. The van der Waals surface area contributed by atoms with Crippen molar-refractivity contribution in [3.8, 4) is 39.3 Å². The number of carbonyl (C=O) groups is 1. The maximum absolute atomic E-state index is 10.9. The molecule has 1 aliphatic heterocycles. The van der Waals surface area contributed by atoms with Gasteiger partial charge in [-0.05, 0) is 72.0 Å². The Labute approximate surface area is 293 Å². The minimum absolute atomic E-state index is 0.217. The average Bonchev–Trinajstić information content (AvgIpc) is 3.57. The molecule has 0 aliphatic carbocycles. The predicted octanol–water partition coefficient (Wildman–Crippen LogP) is 9.41. The zero-order valence-electron chi connectivity index (χ0n) is 28.5. The highest BCUT2D eigenvalue weighted by molar-refractivity contribution is 5.87. The van der Waals surface area contributed by atoms with Crippen molar-refractivity contribution in [1.82, 2.24) is 4.90 Å². The van der Waals surface area contributed by atoms with Crippen molar-refractivity contribution < 1.29 is 28.5 Å². The van der Waals surface area contributed by atoms with Gasteiger partial charge in [0.05, 0.1) is 5.92 Å². The summed E-state index contributed by atoms with van der Waals surface area (Å²) in [5.41, 5.74) is 7.84. The SMILES string of the molecule is CCOC(COc1ccc(-c2ccccc2)cc1)OCC.O=C(O)C1CN(Cc2ccc(-c3cc4cc(-c5ccccc5)ccc4o3)cc2)C1. The van der Waals surface area contributed by atoms with Crippen molar-refractivity contribution in [2.24, 2.45) is 5.92 Å². The molecule has 7 nitrogen and oxygen atoms in total. The molecule has 0 bridgehead atoms. The first-order chi connectivity index (χ1) is 24.5. The zero-order chi connectivity index (χ0) is 34.7. The Kier molecular flexibility index (Phi) is 11.7. The molecule has 2 heterocycles. The van der Waals surface area contributed by atoms with Gasteiger partial charge >= 0.3 is 5.97 Å². The molecule has 1 fully saturated rings. The highest BCUT2D eigenvalue weighted by Crippen LogP contribution is 2.32. The van der Waals surface area contributed by atoms with E-state index in [0.717, 1.165) is 34.6 Å². The Morgan fingerprint density at radius 2 is 1.28 bits per heavy atom. The Bertz CT molecular complexity index is 1930. The van der Waals surface area contributed by atoms with Crippen LogP contribution in [0.5, 0.6) is 5.75 Å². The van der Waals surface area contributed by atoms with Crippen LogP contribution in [-0.2, 0) is 20.8 Å². The van der Waals surface area contributed by atoms with Gasteiger partial charge in [0, 0.05) is 43.8 Å². The number of likely N-dealkylation sites (tertiary alicyclic amines) is 1. The van der Waals surface area contributed by atoms with Crippen LogP contribution >= 0.6 is 0 Å². The summed E-state index contributed by atoms with van der Waals surface area (Å²) in [5, 5.41) is 10.1. The van der Waals surface area contributed by atoms with Crippen molar-refractivity contribution in [3.05, 3.63) is 139 Å². The molecule has 0 amide bonds. The number of fused-ring (bicyclic) bond motifs is 1. The number of rotatable bonds is 13. The van der Waals surface area contributed by atoms with E-state index in [9.17, 15) is 4.79 Å². The summed E-state index contributed by atoms with van der Waals surface area (Å²) < 4.78 is 22.7. The molecule has 256 valence electrons. The van der Waals surface area contributed by atoms with Crippen LogP contribution in [0.4, 0.5) is 0 Å². The number of carboxylic acid groups (broad SMARTS) is 1. The highest BCUT2D eigenvalue weighted by atomic mass is 16.7. The van der Waals surface area contributed by atoms with E-state index in [1.165, 1.54) is 27.8 Å². The van der Waals surface area contributed by atoms with Gasteiger partial charge in [-0.1, -0.05) is 103 Å². The summed E-state index contributed by atoms with van der Waals surface area (Å²) in [4.78, 5) is 13.1. The Morgan fingerprint density at radius 1 is 0.720 bits per heavy atom. The summed E-state index contributed by atoms with van der Waals surface area (Å²) in [5.74, 6) is 0.758. The molecule has 6 aromatic rings. The van der Waals surface area contributed by atoms with E-state index in [1.54, 1.807) is 0 Å². The van der Waals surface area contributed by atoms with Crippen LogP contribution < -0.4 is 4.74 Å². The number of benzene rings is 5. The normalized spacial score (nSPS) is 13.1. The smallest absolute Gasteiger partial charge is 0.309 e. The van der Waals surface area contributed by atoms with E-state index >= 15 is 0 Å². The van der Waals surface area contributed by atoms with E-state index in [2.05, 4.69) is 83.8 Å². The molecule has 1 saturated heterocycles. The number of hydrogen-bond acceptors (Lipinski definition) is 6. The molecular weight excluding hydrogens is 626 g/mol. The molecule has 1 aliphatic rings. The van der Waals surface area contributed by atoms with Gasteiger partial charge in [-0.2, -0.15) is 0 Å². The highest BCUT2D eigenvalue weighted by Gasteiger charge is 2.32. The molecule has 1 N–H and O–H groups in total. The minimum atomic E-state index is -0.697. The minimum Gasteiger partial charge on any atom is -0.488 e. The molecule has 7 rings (SSSR count). The van der Waals surface area contributed by atoms with Crippen LogP contribution in [0.15, 0.2) is 138 Å². The molecule has 5 aromatic carbocycles. The Hall–Kier alpha value is -5.21. The number of furan rings is 1. The van der Waals surface area contributed by atoms with Crippen LogP contribution in [0.1, 0.15) is 19.4 Å². The van der Waals surface area contributed by atoms with Gasteiger partial charge in [0.1, 0.15) is 23.7 Å². The first kappa shape index (κ1) is 34.6. The fourth-order valence-corrected chi connectivity index (χ4v) is 5.94. The molecule has 7 heteroatoms. The summed E-state index contributed by atoms with van der Waals surface area (Å²) in [6.07, 6.45) is -0.311. The lowest BCUT2D eigenvalue weighted by atomic mass is 9.99. The second kappa shape index (κ2) is 16.9. The van der Waals surface area contributed by atoms with Crippen LogP contribution in [0.3, 0.4) is 0 Å². The number of ether oxygens (including phenoxy) is 3. The maximum atomic E-state index is 10.9. The summed E-state index contributed by atoms with van der Waals surface area (Å²) in [6, 6.07) is 45.3. The van der Waals surface area contributed by atoms with Gasteiger partial charge in [-0.25, -0.2) is 0 Å². The largest absolute Gasteiger partial charge is 0.488 e. The van der Waals surface area contributed by atoms with Crippen molar-refractivity contribution in [2.75, 3.05) is 32.9 Å². The molecule has 0 atom stereocenters. The van der Waals surface area contributed by atoms with Gasteiger partial charge in [-0.15, -0.1) is 0 Å². The Balaban J connectivity index is 0.000000183. The third-order valence-corrected chi connectivity index (χ3v) is 8.63. The zero-order valence-corrected chi connectivity index (χ0v) is 28.5. The topological polar surface area (TPSA) is 81.4 Å². The lowest BCUT2D eigenvalue weighted by Crippen LogP contribution is -2.49. The van der Waals surface area contributed by atoms with Gasteiger partial charge < -0.3 is 23.7 Å². The monoisotopic (exact) mass is 669 g/mol. The van der Waals surface area contributed by atoms with Gasteiger partial charge in [0.25, 0.3) is 0 Å². The van der Waals surface area contributed by atoms with E-state index in [4.69, 9.17) is 23.7 Å². The number of carboxylic acids is 1. The molecule has 1 aromatic heterocycles. The van der Waals surface area contributed by atoms with E-state index < -0.39 is 5.97 Å². The van der Waals surface area contributed by atoms with Crippen LogP contribution in [0, 0.1) is 5.92 Å². The number of hydrogen-bond donors (Lipinski definition) is 1. The van der Waals surface area contributed by atoms with Crippen molar-refractivity contribution in [3.63, 3.8) is 0 Å². The quantitative estimate of drug-likeness (QED) is 0.123. The Morgan fingerprint density at radius 3 is 1.88 bits per heavy atom. The van der Waals surface area contributed by atoms with Gasteiger partial charge in [-0.3, -0.25) is 9.69 Å². The van der Waals surface area contributed by atoms with E-state index in [0.29, 0.717) is 32.9 Å². The van der Waals surface area contributed by atoms with E-state index in [-0.39, 0.29) is 12.2 Å². The van der Waals surface area contributed by atoms with Gasteiger partial charge in [0.2, 0.25) is 0 Å². The van der Waals surface area contributed by atoms with E-state index in [1.807, 2.05) is 68.4 Å². The molecule has 0 saturated carbocycles. The third kappa shape index (κ3) is 9.07. The fourth-order valence-electron chi connectivity index (χ4n) is 5.94. The summed E-state index contributed by atoms with van der Waals surface area (Å²) in [7, 11) is 0. The van der Waals surface area contributed by atoms with Crippen LogP contribution in [0.2, 0.25) is 0 Å². The van der Waals surface area contributed by atoms with Crippen LogP contribution in [0.25, 0.3) is 44.5 Å². The predicted molar refractivity (Wildman–Crippen MR) is 198 cm³/mol. The standard InChI is InChI=1S/C25H21NO3.C18H22O3/c27-25(28)22-15-26(16-22)14-17-6-8-19(9-7-17)24-13-21-12-20(10-11-23(21)29-24)18-4-2-1-3-5-18;1-3-19-18(20-4-2)14-21-17-12-10-16(11-13-17)15-8-6-5-7-9-15/h1-13,22H,14-16H2,(H,27,28);5-13,18H,3-4,14H2,1-2H3. The molecule has 0 spiro atoms. The molecule has 50 heavy (non-hydrogen) atoms. The summed E-state index contributed by atoms with van der Waals surface area (Å²) >= 11 is 0. The van der Waals surface area contributed by atoms with Crippen LogP contribution in [-0.4, -0.2) is 55.2 Å². The lowest BCUT2D eigenvalue weighted by Gasteiger charge is -2.36. The summed E-state index contributed by atoms with van der Waals surface area (Å²) in [6.45, 7) is 7.55. The van der Waals surface area contributed by atoms with Gasteiger partial charge in [0.15, 0.2) is 6.29 Å². The molecular formula is C43H43NO6. The third-order valence-electron chi connectivity index (χ3n) is 8.63. The fraction of sp³-hybridized carbons (Fsp3) is 0.233. The second-order valence-corrected chi connectivity index (χ2v) is 12.2. The average molecular weight is 670 g/mol. The van der Waals surface area contributed by atoms with Crippen molar-refractivity contribution in [1.29, 1.82) is 0 Å². The maximum Gasteiger partial charge on any atom is 0.309 e. The van der Waals surface area contributed by atoms with Crippen molar-refractivity contribution in [2.45, 2.75) is 26.7 Å². The molecule has 0 unspecified atom stereocenters. The number of nitrogens with zero attached hydrogens (tertiary/aromatic N) is 1.